The summed E-state index contributed by atoms with van der Waals surface area (Å²) in [5.41, 5.74) is -0.516. The van der Waals surface area contributed by atoms with Gasteiger partial charge in [0.2, 0.25) is 0 Å². The summed E-state index contributed by atoms with van der Waals surface area (Å²) in [7, 11) is 0. The fourth-order valence-corrected chi connectivity index (χ4v) is 3.73. The summed E-state index contributed by atoms with van der Waals surface area (Å²) in [6.07, 6.45) is 3.62. The third-order valence-electron chi connectivity index (χ3n) is 2.84. The van der Waals surface area contributed by atoms with Crippen molar-refractivity contribution < 1.29 is 9.53 Å². The standard InChI is InChI=1S/C14H17N3O2S2/c1-14(2,3)19-13(18)17-10-9(8-4-5-8)21-12(16-10)11-15-6-7-20-11/h6-8H,4-5H2,1-3H3,(H,17,18). The van der Waals surface area contributed by atoms with E-state index in [1.807, 2.05) is 26.2 Å². The van der Waals surface area contributed by atoms with Crippen LogP contribution in [0.25, 0.3) is 10.0 Å². The second kappa shape index (κ2) is 5.38. The van der Waals surface area contributed by atoms with E-state index in [1.165, 1.54) is 0 Å². The smallest absolute Gasteiger partial charge is 0.413 e. The van der Waals surface area contributed by atoms with Gasteiger partial charge in [0, 0.05) is 11.6 Å². The lowest BCUT2D eigenvalue weighted by atomic mass is 10.2. The lowest BCUT2D eigenvalue weighted by Gasteiger charge is -2.19. The molecule has 3 rings (SSSR count). The third kappa shape index (κ3) is 3.59. The van der Waals surface area contributed by atoms with Crippen molar-refractivity contribution in [1.82, 2.24) is 9.97 Å². The van der Waals surface area contributed by atoms with Crippen LogP contribution in [0.1, 0.15) is 44.4 Å². The van der Waals surface area contributed by atoms with Crippen LogP contribution in [0.2, 0.25) is 0 Å². The summed E-state index contributed by atoms with van der Waals surface area (Å²) in [6.45, 7) is 5.53. The molecule has 1 saturated carbocycles. The monoisotopic (exact) mass is 323 g/mol. The number of nitrogens with one attached hydrogen (secondary N) is 1. The Bertz CT molecular complexity index is 640. The number of hydrogen-bond acceptors (Lipinski definition) is 6. The van der Waals surface area contributed by atoms with Crippen molar-refractivity contribution in [2.45, 2.75) is 45.1 Å². The van der Waals surface area contributed by atoms with Crippen molar-refractivity contribution in [3.05, 3.63) is 16.5 Å². The van der Waals surface area contributed by atoms with E-state index >= 15 is 0 Å². The minimum atomic E-state index is -0.516. The molecule has 1 fully saturated rings. The van der Waals surface area contributed by atoms with Crippen molar-refractivity contribution in [2.24, 2.45) is 0 Å². The van der Waals surface area contributed by atoms with Crippen LogP contribution in [0.5, 0.6) is 0 Å². The molecule has 1 amide bonds. The van der Waals surface area contributed by atoms with Crippen LogP contribution in [0.4, 0.5) is 10.6 Å². The minimum absolute atomic E-state index is 0.458. The molecule has 0 bridgehead atoms. The summed E-state index contributed by atoms with van der Waals surface area (Å²) >= 11 is 3.17. The molecule has 2 aromatic heterocycles. The van der Waals surface area contributed by atoms with E-state index in [2.05, 4.69) is 15.3 Å². The van der Waals surface area contributed by atoms with E-state index in [4.69, 9.17) is 4.74 Å². The predicted molar refractivity (Wildman–Crippen MR) is 85.1 cm³/mol. The first-order valence-corrected chi connectivity index (χ1v) is 8.52. The number of ether oxygens (including phenoxy) is 1. The van der Waals surface area contributed by atoms with Crippen LogP contribution in [0.15, 0.2) is 11.6 Å². The van der Waals surface area contributed by atoms with Gasteiger partial charge in [-0.3, -0.25) is 5.32 Å². The molecular formula is C14H17N3O2S2. The van der Waals surface area contributed by atoms with Gasteiger partial charge in [-0.25, -0.2) is 14.8 Å². The number of carbonyl (C=O) groups is 1. The number of anilines is 1. The lowest BCUT2D eigenvalue weighted by Crippen LogP contribution is -2.27. The van der Waals surface area contributed by atoms with Gasteiger partial charge in [0.25, 0.3) is 0 Å². The summed E-state index contributed by atoms with van der Waals surface area (Å²) in [6, 6.07) is 0. The molecule has 0 unspecified atom stereocenters. The Balaban J connectivity index is 1.82. The summed E-state index contributed by atoms with van der Waals surface area (Å²) in [5, 5.41) is 6.46. The molecule has 1 aliphatic carbocycles. The van der Waals surface area contributed by atoms with Crippen molar-refractivity contribution >= 4 is 34.6 Å². The lowest BCUT2D eigenvalue weighted by molar-refractivity contribution is 0.0635. The van der Waals surface area contributed by atoms with Crippen LogP contribution >= 0.6 is 22.7 Å². The van der Waals surface area contributed by atoms with E-state index in [0.717, 1.165) is 27.7 Å². The number of carbonyl (C=O) groups excluding carboxylic acids is 1. The van der Waals surface area contributed by atoms with Crippen molar-refractivity contribution in [1.29, 1.82) is 0 Å². The first kappa shape index (κ1) is 14.5. The van der Waals surface area contributed by atoms with Gasteiger partial charge in [-0.15, -0.1) is 22.7 Å². The van der Waals surface area contributed by atoms with Crippen LogP contribution < -0.4 is 5.32 Å². The highest BCUT2D eigenvalue weighted by Crippen LogP contribution is 2.48. The molecule has 0 aliphatic heterocycles. The minimum Gasteiger partial charge on any atom is -0.444 e. The van der Waals surface area contributed by atoms with Gasteiger partial charge in [0.1, 0.15) is 5.60 Å². The number of hydrogen-bond donors (Lipinski definition) is 1. The van der Waals surface area contributed by atoms with Gasteiger partial charge in [0.15, 0.2) is 15.8 Å². The first-order valence-electron chi connectivity index (χ1n) is 6.83. The van der Waals surface area contributed by atoms with Crippen LogP contribution in [-0.4, -0.2) is 21.7 Å². The van der Waals surface area contributed by atoms with Gasteiger partial charge < -0.3 is 4.74 Å². The number of aromatic nitrogens is 2. The van der Waals surface area contributed by atoms with Gasteiger partial charge in [0.05, 0.1) is 4.88 Å². The number of amides is 1. The van der Waals surface area contributed by atoms with Gasteiger partial charge in [-0.2, -0.15) is 0 Å². The second-order valence-corrected chi connectivity index (χ2v) is 7.90. The Morgan fingerprint density at radius 1 is 1.38 bits per heavy atom. The fourth-order valence-electron chi connectivity index (χ4n) is 1.86. The zero-order valence-electron chi connectivity index (χ0n) is 12.2. The molecule has 0 spiro atoms. The molecule has 2 heterocycles. The third-order valence-corrected chi connectivity index (χ3v) is 4.97. The molecule has 0 aromatic carbocycles. The van der Waals surface area contributed by atoms with E-state index in [1.54, 1.807) is 28.9 Å². The molecule has 0 atom stereocenters. The number of rotatable bonds is 3. The topological polar surface area (TPSA) is 64.1 Å². The van der Waals surface area contributed by atoms with Crippen LogP contribution in [0, 0.1) is 0 Å². The summed E-state index contributed by atoms with van der Waals surface area (Å²) in [4.78, 5) is 21.9. The summed E-state index contributed by atoms with van der Waals surface area (Å²) < 4.78 is 5.30. The maximum atomic E-state index is 11.9. The molecule has 7 heteroatoms. The highest BCUT2D eigenvalue weighted by molar-refractivity contribution is 7.21. The van der Waals surface area contributed by atoms with Crippen molar-refractivity contribution in [2.75, 3.05) is 5.32 Å². The Labute approximate surface area is 131 Å². The average molecular weight is 323 g/mol. The fraction of sp³-hybridized carbons (Fsp3) is 0.500. The average Bonchev–Trinajstić information content (AvgIpc) is 2.90. The molecule has 1 N–H and O–H groups in total. The molecule has 5 nitrogen and oxygen atoms in total. The molecule has 112 valence electrons. The van der Waals surface area contributed by atoms with Gasteiger partial charge in [-0.1, -0.05) is 0 Å². The Hall–Kier alpha value is -1.47. The second-order valence-electron chi connectivity index (χ2n) is 5.97. The number of thiazole rings is 2. The molecule has 21 heavy (non-hydrogen) atoms. The molecular weight excluding hydrogens is 306 g/mol. The van der Waals surface area contributed by atoms with Crippen LogP contribution in [0.3, 0.4) is 0 Å². The zero-order chi connectivity index (χ0) is 15.0. The van der Waals surface area contributed by atoms with E-state index < -0.39 is 11.7 Å². The first-order chi connectivity index (χ1) is 9.92. The van der Waals surface area contributed by atoms with E-state index in [-0.39, 0.29) is 0 Å². The summed E-state index contributed by atoms with van der Waals surface area (Å²) in [5.74, 6) is 1.14. The Kier molecular flexibility index (Phi) is 3.71. The SMILES string of the molecule is CC(C)(C)OC(=O)Nc1nc(-c2nccs2)sc1C1CC1. The highest BCUT2D eigenvalue weighted by Gasteiger charge is 2.31. The van der Waals surface area contributed by atoms with E-state index in [0.29, 0.717) is 11.7 Å². The van der Waals surface area contributed by atoms with Gasteiger partial charge in [-0.05, 0) is 39.5 Å². The largest absolute Gasteiger partial charge is 0.444 e. The van der Waals surface area contributed by atoms with E-state index in [9.17, 15) is 4.79 Å². The Morgan fingerprint density at radius 2 is 2.14 bits per heavy atom. The van der Waals surface area contributed by atoms with Crippen molar-refractivity contribution in [3.8, 4) is 10.0 Å². The molecule has 1 aliphatic rings. The maximum Gasteiger partial charge on any atom is 0.413 e. The Morgan fingerprint density at radius 3 is 2.71 bits per heavy atom. The number of nitrogens with zero attached hydrogens (tertiary/aromatic N) is 2. The molecule has 0 saturated heterocycles. The maximum absolute atomic E-state index is 11.9. The molecule has 2 aromatic rings. The normalized spacial score (nSPS) is 15.0. The molecule has 0 radical (unpaired) electrons. The zero-order valence-corrected chi connectivity index (χ0v) is 13.8. The van der Waals surface area contributed by atoms with Gasteiger partial charge >= 0.3 is 6.09 Å². The predicted octanol–water partition coefficient (Wildman–Crippen LogP) is 4.49. The van der Waals surface area contributed by atoms with Crippen LogP contribution in [-0.2, 0) is 4.74 Å². The highest BCUT2D eigenvalue weighted by atomic mass is 32.1. The quantitative estimate of drug-likeness (QED) is 0.904. The van der Waals surface area contributed by atoms with Crippen molar-refractivity contribution in [3.63, 3.8) is 0 Å².